The topological polar surface area (TPSA) is 94.8 Å². The Morgan fingerprint density at radius 2 is 2.16 bits per heavy atom. The normalized spacial score (nSPS) is 20.6. The Morgan fingerprint density at radius 1 is 1.34 bits per heavy atom. The van der Waals surface area contributed by atoms with Gasteiger partial charge in [-0.05, 0) is 60.9 Å². The first-order valence-electron chi connectivity index (χ1n) is 11.0. The first kappa shape index (κ1) is 20.4. The first-order valence-corrected chi connectivity index (χ1v) is 11.0. The van der Waals surface area contributed by atoms with Gasteiger partial charge in [0.1, 0.15) is 11.7 Å². The number of H-pyrrole nitrogens is 1. The second-order valence-electron chi connectivity index (χ2n) is 8.98. The Labute approximate surface area is 184 Å². The number of nitriles is 1. The van der Waals surface area contributed by atoms with Crippen molar-refractivity contribution in [2.75, 3.05) is 13.1 Å². The second-order valence-corrected chi connectivity index (χ2v) is 8.98. The number of allylic oxidation sites excluding steroid dienone is 4. The standard InChI is InChI=1S/C24H24FN5O2/c1-14-8-17(4-5-18(14)12-26)19-10-20(25)21(11-19)30-22(27-28-24(30)32)9-15-6-7-29(13-15)23(31)16-2-3-16/h4-5,8,10,15-16H,2-3,6-7,9,11,13H2,1H3,(H,28,32)/t15-/m0/s1. The lowest BCUT2D eigenvalue weighted by molar-refractivity contribution is -0.131. The Balaban J connectivity index is 1.33. The molecule has 7 nitrogen and oxygen atoms in total. The lowest BCUT2D eigenvalue weighted by atomic mass is 9.99. The zero-order chi connectivity index (χ0) is 22.4. The van der Waals surface area contributed by atoms with Gasteiger partial charge in [-0.25, -0.2) is 18.9 Å². The fraction of sp³-hybridized carbons (Fsp3) is 0.417. The van der Waals surface area contributed by atoms with Gasteiger partial charge in [-0.15, -0.1) is 0 Å². The number of halogens is 1. The van der Waals surface area contributed by atoms with Crippen molar-refractivity contribution >= 4 is 17.2 Å². The minimum absolute atomic E-state index is 0.199. The number of aromatic amines is 1. The highest BCUT2D eigenvalue weighted by Gasteiger charge is 2.37. The van der Waals surface area contributed by atoms with Crippen LogP contribution in [0.3, 0.4) is 0 Å². The van der Waals surface area contributed by atoms with Crippen molar-refractivity contribution in [3.63, 3.8) is 0 Å². The highest BCUT2D eigenvalue weighted by molar-refractivity contribution is 5.83. The van der Waals surface area contributed by atoms with E-state index in [-0.39, 0.29) is 29.9 Å². The van der Waals surface area contributed by atoms with Gasteiger partial charge < -0.3 is 4.90 Å². The molecular formula is C24H24FN5O2. The van der Waals surface area contributed by atoms with Crippen molar-refractivity contribution in [2.24, 2.45) is 11.8 Å². The Kier molecular flexibility index (Phi) is 5.04. The smallest absolute Gasteiger partial charge is 0.342 e. The third kappa shape index (κ3) is 3.68. The summed E-state index contributed by atoms with van der Waals surface area (Å²) in [7, 11) is 0. The number of carbonyl (C=O) groups is 1. The van der Waals surface area contributed by atoms with E-state index in [1.165, 1.54) is 10.6 Å². The number of carbonyl (C=O) groups excluding carboxylic acids is 1. The molecule has 2 fully saturated rings. The molecule has 1 aliphatic heterocycles. The lowest BCUT2D eigenvalue weighted by Gasteiger charge is -2.16. The Hall–Kier alpha value is -3.47. The summed E-state index contributed by atoms with van der Waals surface area (Å²) in [6.45, 7) is 3.24. The van der Waals surface area contributed by atoms with Crippen LogP contribution in [0, 0.1) is 30.1 Å². The molecule has 2 aliphatic carbocycles. The maximum absolute atomic E-state index is 15.0. The molecule has 2 aromatic rings. The number of nitrogens with one attached hydrogen (secondary N) is 1. The zero-order valence-corrected chi connectivity index (χ0v) is 17.9. The number of nitrogens with zero attached hydrogens (tertiary/aromatic N) is 4. The summed E-state index contributed by atoms with van der Waals surface area (Å²) in [5.74, 6) is 0.680. The predicted molar refractivity (Wildman–Crippen MR) is 117 cm³/mol. The van der Waals surface area contributed by atoms with Crippen molar-refractivity contribution in [1.82, 2.24) is 19.7 Å². The van der Waals surface area contributed by atoms with Crippen LogP contribution < -0.4 is 5.69 Å². The first-order chi connectivity index (χ1) is 15.4. The van der Waals surface area contributed by atoms with Crippen molar-refractivity contribution in [3.8, 4) is 6.07 Å². The average Bonchev–Trinajstić information content (AvgIpc) is 3.26. The molecule has 1 atom stereocenters. The molecule has 32 heavy (non-hydrogen) atoms. The van der Waals surface area contributed by atoms with Crippen LogP contribution in [0.4, 0.5) is 4.39 Å². The number of amides is 1. The summed E-state index contributed by atoms with van der Waals surface area (Å²) < 4.78 is 16.3. The number of hydrogen-bond acceptors (Lipinski definition) is 4. The van der Waals surface area contributed by atoms with Crippen molar-refractivity contribution in [2.45, 2.75) is 39.0 Å². The van der Waals surface area contributed by atoms with Gasteiger partial charge in [0.2, 0.25) is 5.91 Å². The van der Waals surface area contributed by atoms with Crippen molar-refractivity contribution in [3.05, 3.63) is 63.1 Å². The van der Waals surface area contributed by atoms with E-state index in [4.69, 9.17) is 5.26 Å². The summed E-state index contributed by atoms with van der Waals surface area (Å²) in [5, 5.41) is 15.8. The summed E-state index contributed by atoms with van der Waals surface area (Å²) in [4.78, 5) is 26.8. The number of hydrogen-bond donors (Lipinski definition) is 1. The number of aryl methyl sites for hydroxylation is 1. The van der Waals surface area contributed by atoms with Gasteiger partial charge in [-0.2, -0.15) is 10.4 Å². The zero-order valence-electron chi connectivity index (χ0n) is 17.9. The number of rotatable bonds is 5. The van der Waals surface area contributed by atoms with Crippen LogP contribution in [-0.4, -0.2) is 38.7 Å². The van der Waals surface area contributed by atoms with E-state index in [0.29, 0.717) is 24.4 Å². The molecule has 1 aromatic heterocycles. The van der Waals surface area contributed by atoms with Gasteiger partial charge in [0.25, 0.3) is 0 Å². The van der Waals surface area contributed by atoms with Gasteiger partial charge in [-0.3, -0.25) is 4.79 Å². The van der Waals surface area contributed by atoms with Crippen LogP contribution >= 0.6 is 0 Å². The van der Waals surface area contributed by atoms with E-state index in [2.05, 4.69) is 16.3 Å². The van der Waals surface area contributed by atoms with Crippen LogP contribution in [0.5, 0.6) is 0 Å². The molecule has 164 valence electrons. The van der Waals surface area contributed by atoms with E-state index in [1.54, 1.807) is 12.1 Å². The van der Waals surface area contributed by atoms with Crippen LogP contribution in [0.1, 0.15) is 48.2 Å². The van der Waals surface area contributed by atoms with Gasteiger partial charge in [0, 0.05) is 31.8 Å². The van der Waals surface area contributed by atoms with E-state index in [1.807, 2.05) is 17.9 Å². The molecule has 2 heterocycles. The summed E-state index contributed by atoms with van der Waals surface area (Å²) >= 11 is 0. The number of aromatic nitrogens is 3. The molecule has 5 rings (SSSR count). The SMILES string of the molecule is Cc1cc(C2=CC(F)=C(n3c(C[C@@H]4CCN(C(=O)C5CC5)C4)n[nH]c3=O)C2)ccc1C#N. The molecule has 8 heteroatoms. The average molecular weight is 433 g/mol. The van der Waals surface area contributed by atoms with Crippen LogP contribution in [0.2, 0.25) is 0 Å². The molecule has 0 bridgehead atoms. The molecule has 0 unspecified atom stereocenters. The third-order valence-electron chi connectivity index (χ3n) is 6.66. The number of likely N-dealkylation sites (tertiary alicyclic amines) is 1. The minimum Gasteiger partial charge on any atom is -0.342 e. The molecule has 1 saturated heterocycles. The van der Waals surface area contributed by atoms with Crippen LogP contribution in [-0.2, 0) is 11.2 Å². The highest BCUT2D eigenvalue weighted by atomic mass is 19.1. The molecule has 3 aliphatic rings. The fourth-order valence-electron chi connectivity index (χ4n) is 4.70. The highest BCUT2D eigenvalue weighted by Crippen LogP contribution is 2.37. The predicted octanol–water partition coefficient (Wildman–Crippen LogP) is 3.18. The van der Waals surface area contributed by atoms with Gasteiger partial charge >= 0.3 is 5.69 Å². The minimum atomic E-state index is -0.459. The van der Waals surface area contributed by atoms with Crippen molar-refractivity contribution in [1.29, 1.82) is 5.26 Å². The molecule has 1 N–H and O–H groups in total. The van der Waals surface area contributed by atoms with Crippen molar-refractivity contribution < 1.29 is 9.18 Å². The van der Waals surface area contributed by atoms with E-state index < -0.39 is 11.5 Å². The molecule has 1 amide bonds. The second kappa shape index (κ2) is 7.90. The maximum Gasteiger partial charge on any atom is 0.347 e. The van der Waals surface area contributed by atoms with E-state index in [9.17, 15) is 14.0 Å². The summed E-state index contributed by atoms with van der Waals surface area (Å²) in [6, 6.07) is 7.53. The molecule has 1 aromatic carbocycles. The van der Waals surface area contributed by atoms with Gasteiger partial charge in [-0.1, -0.05) is 12.1 Å². The molecule has 1 saturated carbocycles. The molecular weight excluding hydrogens is 409 g/mol. The largest absolute Gasteiger partial charge is 0.347 e. The summed E-state index contributed by atoms with van der Waals surface area (Å²) in [5.41, 5.74) is 2.81. The lowest BCUT2D eigenvalue weighted by Crippen LogP contribution is -2.30. The van der Waals surface area contributed by atoms with E-state index in [0.717, 1.165) is 42.5 Å². The molecule has 0 radical (unpaired) electrons. The van der Waals surface area contributed by atoms with Crippen LogP contribution in [0.15, 0.2) is 34.9 Å². The quantitative estimate of drug-likeness (QED) is 0.784. The van der Waals surface area contributed by atoms with Gasteiger partial charge in [0.05, 0.1) is 17.3 Å². The fourth-order valence-corrected chi connectivity index (χ4v) is 4.70. The van der Waals surface area contributed by atoms with Crippen LogP contribution in [0.25, 0.3) is 11.3 Å². The molecule has 0 spiro atoms. The summed E-state index contributed by atoms with van der Waals surface area (Å²) in [6.07, 6.45) is 5.05. The van der Waals surface area contributed by atoms with E-state index >= 15 is 0 Å². The maximum atomic E-state index is 15.0. The Morgan fingerprint density at radius 3 is 2.88 bits per heavy atom. The Bertz CT molecular complexity index is 1260. The monoisotopic (exact) mass is 433 g/mol. The third-order valence-corrected chi connectivity index (χ3v) is 6.66. The number of benzene rings is 1. The van der Waals surface area contributed by atoms with Gasteiger partial charge in [0.15, 0.2) is 0 Å².